The second-order valence-corrected chi connectivity index (χ2v) is 5.19. The zero-order chi connectivity index (χ0) is 17.5. The van der Waals surface area contributed by atoms with Gasteiger partial charge in [0.2, 0.25) is 0 Å². The van der Waals surface area contributed by atoms with Gasteiger partial charge in [0.15, 0.2) is 5.78 Å². The molecule has 5 nitrogen and oxygen atoms in total. The summed E-state index contributed by atoms with van der Waals surface area (Å²) in [4.78, 5) is 34.9. The summed E-state index contributed by atoms with van der Waals surface area (Å²) in [5.41, 5.74) is 1.26. The third kappa shape index (κ3) is 4.74. The van der Waals surface area contributed by atoms with Gasteiger partial charge in [-0.3, -0.25) is 14.4 Å². The topological polar surface area (TPSA) is 75.3 Å². The van der Waals surface area contributed by atoms with Gasteiger partial charge in [0, 0.05) is 17.8 Å². The number of ketones is 1. The number of carbonyl (C=O) groups excluding carboxylic acids is 3. The molecule has 0 aliphatic heterocycles. The van der Waals surface area contributed by atoms with Crippen LogP contribution in [-0.4, -0.2) is 24.1 Å². The zero-order valence-corrected chi connectivity index (χ0v) is 13.1. The van der Waals surface area contributed by atoms with Crippen LogP contribution in [0.15, 0.2) is 48.5 Å². The first kappa shape index (κ1) is 17.3. The van der Waals surface area contributed by atoms with Gasteiger partial charge in [0.05, 0.1) is 0 Å². The van der Waals surface area contributed by atoms with Crippen molar-refractivity contribution in [3.05, 3.63) is 65.5 Å². The van der Waals surface area contributed by atoms with Crippen molar-refractivity contribution in [2.75, 3.05) is 11.9 Å². The van der Waals surface area contributed by atoms with Crippen molar-refractivity contribution in [3.63, 3.8) is 0 Å². The first-order valence-corrected chi connectivity index (χ1v) is 7.41. The molecule has 2 amide bonds. The zero-order valence-electron chi connectivity index (χ0n) is 13.1. The maximum atomic E-state index is 13.4. The smallest absolute Gasteiger partial charge is 0.313 e. The Morgan fingerprint density at radius 2 is 1.75 bits per heavy atom. The van der Waals surface area contributed by atoms with Crippen LogP contribution < -0.4 is 10.6 Å². The molecule has 0 aliphatic rings. The fourth-order valence-corrected chi connectivity index (χ4v) is 2.10. The van der Waals surface area contributed by atoms with Gasteiger partial charge in [-0.05, 0) is 37.1 Å². The first-order chi connectivity index (χ1) is 11.5. The number of amides is 2. The summed E-state index contributed by atoms with van der Waals surface area (Å²) in [5.74, 6) is -2.15. The normalized spacial score (nSPS) is 10.1. The maximum absolute atomic E-state index is 13.4. The van der Waals surface area contributed by atoms with Crippen LogP contribution in [0.25, 0.3) is 0 Å². The summed E-state index contributed by atoms with van der Waals surface area (Å²) in [6, 6.07) is 12.5. The van der Waals surface area contributed by atoms with E-state index in [4.69, 9.17) is 0 Å². The van der Waals surface area contributed by atoms with E-state index in [0.29, 0.717) is 16.8 Å². The van der Waals surface area contributed by atoms with Crippen LogP contribution in [0.5, 0.6) is 0 Å². The van der Waals surface area contributed by atoms with Gasteiger partial charge in [0.1, 0.15) is 5.82 Å². The molecule has 0 spiro atoms. The van der Waals surface area contributed by atoms with Gasteiger partial charge in [-0.15, -0.1) is 0 Å². The highest BCUT2D eigenvalue weighted by molar-refractivity contribution is 6.39. The van der Waals surface area contributed by atoms with Crippen LogP contribution >= 0.6 is 0 Å². The minimum absolute atomic E-state index is 0.138. The summed E-state index contributed by atoms with van der Waals surface area (Å²) < 4.78 is 13.4. The Morgan fingerprint density at radius 3 is 2.46 bits per heavy atom. The number of halogens is 1. The number of nitrogens with one attached hydrogen (secondary N) is 2. The van der Waals surface area contributed by atoms with Gasteiger partial charge in [-0.2, -0.15) is 0 Å². The molecule has 124 valence electrons. The Bertz CT molecular complexity index is 774. The second kappa shape index (κ2) is 8.01. The number of Topliss-reactive ketones (excluding diaryl/α,β-unsaturated/α-hetero) is 1. The van der Waals surface area contributed by atoms with Crippen molar-refractivity contribution in [2.45, 2.75) is 13.3 Å². The molecule has 0 fully saturated rings. The monoisotopic (exact) mass is 328 g/mol. The highest BCUT2D eigenvalue weighted by atomic mass is 19.1. The van der Waals surface area contributed by atoms with Gasteiger partial charge >= 0.3 is 11.8 Å². The molecule has 0 atom stereocenters. The minimum atomic E-state index is -0.843. The Balaban J connectivity index is 1.86. The number of rotatable bonds is 5. The van der Waals surface area contributed by atoms with Crippen LogP contribution in [0.4, 0.5) is 10.1 Å². The summed E-state index contributed by atoms with van der Waals surface area (Å²) in [6.45, 7) is 1.55. The fraction of sp³-hybridized carbons (Fsp3) is 0.167. The van der Waals surface area contributed by atoms with E-state index >= 15 is 0 Å². The van der Waals surface area contributed by atoms with E-state index in [-0.39, 0.29) is 24.6 Å². The molecule has 0 heterocycles. The van der Waals surface area contributed by atoms with E-state index in [2.05, 4.69) is 10.6 Å². The van der Waals surface area contributed by atoms with Gasteiger partial charge in [-0.25, -0.2) is 4.39 Å². The number of anilines is 1. The molecule has 0 aliphatic carbocycles. The Morgan fingerprint density at radius 1 is 1.00 bits per heavy atom. The van der Waals surface area contributed by atoms with Crippen LogP contribution in [0.3, 0.4) is 0 Å². The lowest BCUT2D eigenvalue weighted by atomic mass is 10.1. The third-order valence-electron chi connectivity index (χ3n) is 3.37. The molecule has 2 aromatic rings. The van der Waals surface area contributed by atoms with Crippen molar-refractivity contribution in [2.24, 2.45) is 0 Å². The van der Waals surface area contributed by atoms with E-state index in [1.807, 2.05) is 0 Å². The lowest BCUT2D eigenvalue weighted by Gasteiger charge is -2.08. The molecule has 0 radical (unpaired) electrons. The van der Waals surface area contributed by atoms with Gasteiger partial charge in [0.25, 0.3) is 0 Å². The number of carbonyl (C=O) groups is 3. The Labute approximate surface area is 138 Å². The van der Waals surface area contributed by atoms with Gasteiger partial charge in [-0.1, -0.05) is 30.3 Å². The summed E-state index contributed by atoms with van der Waals surface area (Å²) in [7, 11) is 0. The average Bonchev–Trinajstić information content (AvgIpc) is 2.56. The van der Waals surface area contributed by atoms with Crippen molar-refractivity contribution in [3.8, 4) is 0 Å². The molecule has 0 unspecified atom stereocenters. The van der Waals surface area contributed by atoms with E-state index < -0.39 is 11.8 Å². The fourth-order valence-electron chi connectivity index (χ4n) is 2.10. The minimum Gasteiger partial charge on any atom is -0.347 e. The second-order valence-electron chi connectivity index (χ2n) is 5.19. The SMILES string of the molecule is CC(=O)c1cccc(NC(=O)C(=O)NCCc2ccccc2F)c1. The molecule has 2 rings (SSSR count). The largest absolute Gasteiger partial charge is 0.347 e. The average molecular weight is 328 g/mol. The molecule has 0 saturated heterocycles. The van der Waals surface area contributed by atoms with Crippen molar-refractivity contribution >= 4 is 23.3 Å². The molecule has 0 saturated carbocycles. The van der Waals surface area contributed by atoms with Crippen molar-refractivity contribution in [1.29, 1.82) is 0 Å². The molecule has 6 heteroatoms. The predicted molar refractivity (Wildman–Crippen MR) is 88.2 cm³/mol. The quantitative estimate of drug-likeness (QED) is 0.653. The highest BCUT2D eigenvalue weighted by Gasteiger charge is 2.14. The van der Waals surface area contributed by atoms with Crippen molar-refractivity contribution < 1.29 is 18.8 Å². The van der Waals surface area contributed by atoms with E-state index in [9.17, 15) is 18.8 Å². The molecule has 2 N–H and O–H groups in total. The molecule has 0 bridgehead atoms. The van der Waals surface area contributed by atoms with Crippen LogP contribution in [0, 0.1) is 5.82 Å². The van der Waals surface area contributed by atoms with Crippen LogP contribution in [0.1, 0.15) is 22.8 Å². The van der Waals surface area contributed by atoms with Crippen molar-refractivity contribution in [1.82, 2.24) is 5.32 Å². The molecule has 2 aromatic carbocycles. The highest BCUT2D eigenvalue weighted by Crippen LogP contribution is 2.11. The lowest BCUT2D eigenvalue weighted by molar-refractivity contribution is -0.136. The molecule has 24 heavy (non-hydrogen) atoms. The number of benzene rings is 2. The molecular formula is C18H17FN2O3. The molecule has 0 aromatic heterocycles. The Hall–Kier alpha value is -3.02. The summed E-state index contributed by atoms with van der Waals surface area (Å²) in [6.07, 6.45) is 0.283. The summed E-state index contributed by atoms with van der Waals surface area (Å²) >= 11 is 0. The maximum Gasteiger partial charge on any atom is 0.313 e. The lowest BCUT2D eigenvalue weighted by Crippen LogP contribution is -2.36. The number of hydrogen-bond donors (Lipinski definition) is 2. The third-order valence-corrected chi connectivity index (χ3v) is 3.37. The number of hydrogen-bond acceptors (Lipinski definition) is 3. The van der Waals surface area contributed by atoms with E-state index in [1.165, 1.54) is 19.1 Å². The Kier molecular flexibility index (Phi) is 5.78. The van der Waals surface area contributed by atoms with E-state index in [0.717, 1.165) is 0 Å². The van der Waals surface area contributed by atoms with Crippen LogP contribution in [0.2, 0.25) is 0 Å². The molecular weight excluding hydrogens is 311 g/mol. The van der Waals surface area contributed by atoms with E-state index in [1.54, 1.807) is 36.4 Å². The van der Waals surface area contributed by atoms with Crippen LogP contribution in [-0.2, 0) is 16.0 Å². The predicted octanol–water partition coefficient (Wildman–Crippen LogP) is 2.33. The standard InChI is InChI=1S/C18H17FN2O3/c1-12(22)14-6-4-7-15(11-14)21-18(24)17(23)20-10-9-13-5-2-3-8-16(13)19/h2-8,11H,9-10H2,1H3,(H,20,23)(H,21,24). The summed E-state index contributed by atoms with van der Waals surface area (Å²) in [5, 5.41) is 4.85. The van der Waals surface area contributed by atoms with Gasteiger partial charge < -0.3 is 10.6 Å². The first-order valence-electron chi connectivity index (χ1n) is 7.41.